The Labute approximate surface area is 131 Å². The summed E-state index contributed by atoms with van der Waals surface area (Å²) in [6.45, 7) is 0. The smallest absolute Gasteiger partial charge is 0.337 e. The van der Waals surface area contributed by atoms with Gasteiger partial charge < -0.3 is 5.11 Å². The van der Waals surface area contributed by atoms with Gasteiger partial charge in [0.1, 0.15) is 0 Å². The second-order valence-electron chi connectivity index (χ2n) is 4.18. The normalized spacial score (nSPS) is 11.3. The highest BCUT2D eigenvalue weighted by Crippen LogP contribution is 2.30. The molecule has 8 heteroatoms. The van der Waals surface area contributed by atoms with Crippen LogP contribution >= 0.6 is 23.2 Å². The van der Waals surface area contributed by atoms with Crippen LogP contribution in [-0.2, 0) is 15.6 Å². The zero-order valence-corrected chi connectivity index (χ0v) is 12.8. The van der Waals surface area contributed by atoms with Crippen molar-refractivity contribution in [3.63, 3.8) is 0 Å². The summed E-state index contributed by atoms with van der Waals surface area (Å²) in [5.41, 5.74) is 0.210. The molecule has 0 bridgehead atoms. The van der Waals surface area contributed by atoms with E-state index >= 15 is 0 Å². The Morgan fingerprint density at radius 3 is 2.33 bits per heavy atom. The number of carboxylic acid groups (broad SMARTS) is 1. The van der Waals surface area contributed by atoms with Gasteiger partial charge in [-0.05, 0) is 29.8 Å². The highest BCUT2D eigenvalue weighted by Gasteiger charge is 2.23. The first-order valence-corrected chi connectivity index (χ1v) is 8.06. The van der Waals surface area contributed by atoms with Crippen molar-refractivity contribution in [3.8, 4) is 0 Å². The van der Waals surface area contributed by atoms with Crippen molar-refractivity contribution in [1.29, 1.82) is 0 Å². The van der Waals surface area contributed by atoms with Gasteiger partial charge in [-0.2, -0.15) is 0 Å². The van der Waals surface area contributed by atoms with Crippen molar-refractivity contribution >= 4 is 39.0 Å². The summed E-state index contributed by atoms with van der Waals surface area (Å²) in [5.74, 6) is -1.63. The standard InChI is InChI=1S/C13H9Cl2NO4S/c14-10-6-11(15)12(5-9(10)13(17)18)21(19,20)7-8-1-3-16-4-2-8/h1-6H,7H2,(H,17,18). The minimum atomic E-state index is -3.80. The monoisotopic (exact) mass is 345 g/mol. The van der Waals surface area contributed by atoms with Gasteiger partial charge in [0.15, 0.2) is 9.84 Å². The summed E-state index contributed by atoms with van der Waals surface area (Å²) >= 11 is 11.6. The summed E-state index contributed by atoms with van der Waals surface area (Å²) in [5, 5.41) is 8.78. The third-order valence-electron chi connectivity index (χ3n) is 2.69. The molecule has 2 rings (SSSR count). The van der Waals surface area contributed by atoms with E-state index in [1.807, 2.05) is 0 Å². The van der Waals surface area contributed by atoms with E-state index in [1.54, 1.807) is 12.1 Å². The van der Waals surface area contributed by atoms with Crippen molar-refractivity contribution in [2.45, 2.75) is 10.6 Å². The van der Waals surface area contributed by atoms with Gasteiger partial charge in [-0.3, -0.25) is 4.98 Å². The van der Waals surface area contributed by atoms with E-state index in [0.717, 1.165) is 12.1 Å². The molecule has 5 nitrogen and oxygen atoms in total. The number of benzene rings is 1. The Bertz CT molecular complexity index is 791. The molecule has 0 saturated heterocycles. The van der Waals surface area contributed by atoms with E-state index in [0.29, 0.717) is 5.56 Å². The van der Waals surface area contributed by atoms with E-state index < -0.39 is 15.8 Å². The minimum absolute atomic E-state index is 0.112. The van der Waals surface area contributed by atoms with Crippen LogP contribution in [0.15, 0.2) is 41.6 Å². The number of aromatic carboxylic acids is 1. The molecular weight excluding hydrogens is 337 g/mol. The van der Waals surface area contributed by atoms with Gasteiger partial charge in [0.2, 0.25) is 0 Å². The molecule has 0 radical (unpaired) electrons. The molecule has 2 aromatic rings. The number of aromatic nitrogens is 1. The zero-order valence-electron chi connectivity index (χ0n) is 10.5. The van der Waals surface area contributed by atoms with E-state index in [9.17, 15) is 13.2 Å². The van der Waals surface area contributed by atoms with Crippen LogP contribution < -0.4 is 0 Å². The maximum atomic E-state index is 12.4. The molecule has 0 fully saturated rings. The first kappa shape index (κ1) is 15.8. The lowest BCUT2D eigenvalue weighted by Crippen LogP contribution is -2.08. The summed E-state index contributed by atoms with van der Waals surface area (Å²) < 4.78 is 24.7. The first-order chi connectivity index (χ1) is 9.81. The lowest BCUT2D eigenvalue weighted by molar-refractivity contribution is 0.0697. The van der Waals surface area contributed by atoms with Crippen molar-refractivity contribution in [3.05, 3.63) is 57.8 Å². The van der Waals surface area contributed by atoms with E-state index in [4.69, 9.17) is 28.3 Å². The first-order valence-electron chi connectivity index (χ1n) is 5.65. The SMILES string of the molecule is O=C(O)c1cc(S(=O)(=O)Cc2ccncc2)c(Cl)cc1Cl. The van der Waals surface area contributed by atoms with Gasteiger partial charge in [-0.1, -0.05) is 23.2 Å². The fraction of sp³-hybridized carbons (Fsp3) is 0.0769. The molecule has 0 aliphatic carbocycles. The maximum Gasteiger partial charge on any atom is 0.337 e. The second kappa shape index (κ2) is 6.01. The third-order valence-corrected chi connectivity index (χ3v) is 5.15. The molecule has 1 aromatic heterocycles. The molecule has 0 atom stereocenters. The Morgan fingerprint density at radius 2 is 1.76 bits per heavy atom. The highest BCUT2D eigenvalue weighted by molar-refractivity contribution is 7.90. The largest absolute Gasteiger partial charge is 0.478 e. The average molecular weight is 346 g/mol. The second-order valence-corrected chi connectivity index (χ2v) is 6.95. The molecule has 1 aromatic carbocycles. The van der Waals surface area contributed by atoms with Crippen LogP contribution in [0.25, 0.3) is 0 Å². The lowest BCUT2D eigenvalue weighted by Gasteiger charge is -2.09. The summed E-state index contributed by atoms with van der Waals surface area (Å²) in [7, 11) is -3.80. The van der Waals surface area contributed by atoms with Gasteiger partial charge in [0.25, 0.3) is 0 Å². The number of carbonyl (C=O) groups is 1. The number of sulfone groups is 1. The third kappa shape index (κ3) is 3.53. The van der Waals surface area contributed by atoms with Crippen LogP contribution in [0.5, 0.6) is 0 Å². The molecular formula is C13H9Cl2NO4S. The number of halogens is 2. The summed E-state index contributed by atoms with van der Waals surface area (Å²) in [4.78, 5) is 14.6. The zero-order chi connectivity index (χ0) is 15.6. The average Bonchev–Trinajstić information content (AvgIpc) is 2.38. The molecule has 110 valence electrons. The van der Waals surface area contributed by atoms with Crippen LogP contribution in [0.4, 0.5) is 0 Å². The minimum Gasteiger partial charge on any atom is -0.478 e. The van der Waals surface area contributed by atoms with Gasteiger partial charge in [0, 0.05) is 12.4 Å². The molecule has 0 aliphatic rings. The quantitative estimate of drug-likeness (QED) is 0.920. The van der Waals surface area contributed by atoms with Gasteiger partial charge in [0.05, 0.1) is 26.3 Å². The van der Waals surface area contributed by atoms with Gasteiger partial charge in [-0.25, -0.2) is 13.2 Å². The van der Waals surface area contributed by atoms with Crippen molar-refractivity contribution < 1.29 is 18.3 Å². The van der Waals surface area contributed by atoms with Crippen LogP contribution in [0.2, 0.25) is 10.0 Å². The van der Waals surface area contributed by atoms with Crippen LogP contribution in [0.3, 0.4) is 0 Å². The fourth-order valence-corrected chi connectivity index (χ4v) is 3.96. The van der Waals surface area contributed by atoms with Crippen LogP contribution in [-0.4, -0.2) is 24.5 Å². The van der Waals surface area contributed by atoms with Crippen LogP contribution in [0, 0.1) is 0 Å². The molecule has 0 spiro atoms. The van der Waals surface area contributed by atoms with Crippen molar-refractivity contribution in [1.82, 2.24) is 4.98 Å². The molecule has 0 amide bonds. The molecule has 0 unspecified atom stereocenters. The molecule has 0 saturated carbocycles. The van der Waals surface area contributed by atoms with Crippen molar-refractivity contribution in [2.75, 3.05) is 0 Å². The molecule has 21 heavy (non-hydrogen) atoms. The predicted octanol–water partition coefficient (Wildman–Crippen LogP) is 3.06. The molecule has 1 heterocycles. The number of carboxylic acids is 1. The number of rotatable bonds is 4. The van der Waals surface area contributed by atoms with Gasteiger partial charge >= 0.3 is 5.97 Å². The van der Waals surface area contributed by atoms with E-state index in [2.05, 4.69) is 4.98 Å². The fourth-order valence-electron chi connectivity index (χ4n) is 1.71. The summed E-state index contributed by atoms with van der Waals surface area (Å²) in [6, 6.07) is 5.20. The Kier molecular flexibility index (Phi) is 4.51. The highest BCUT2D eigenvalue weighted by atomic mass is 35.5. The number of hydrogen-bond acceptors (Lipinski definition) is 4. The Hall–Kier alpha value is -1.63. The van der Waals surface area contributed by atoms with Gasteiger partial charge in [-0.15, -0.1) is 0 Å². The lowest BCUT2D eigenvalue weighted by atomic mass is 10.2. The summed E-state index contributed by atoms with van der Waals surface area (Å²) in [6.07, 6.45) is 2.94. The molecule has 0 aliphatic heterocycles. The maximum absolute atomic E-state index is 12.4. The van der Waals surface area contributed by atoms with E-state index in [1.165, 1.54) is 12.4 Å². The van der Waals surface area contributed by atoms with Crippen LogP contribution in [0.1, 0.15) is 15.9 Å². The van der Waals surface area contributed by atoms with E-state index in [-0.39, 0.29) is 26.3 Å². The van der Waals surface area contributed by atoms with Crippen molar-refractivity contribution in [2.24, 2.45) is 0 Å². The number of hydrogen-bond donors (Lipinski definition) is 1. The predicted molar refractivity (Wildman–Crippen MR) is 78.5 cm³/mol. The number of nitrogens with zero attached hydrogens (tertiary/aromatic N) is 1. The topological polar surface area (TPSA) is 84.3 Å². The Balaban J connectivity index is 2.50. The molecule has 1 N–H and O–H groups in total. The number of pyridine rings is 1. The Morgan fingerprint density at radius 1 is 1.14 bits per heavy atom.